The lowest BCUT2D eigenvalue weighted by Gasteiger charge is -2.28. The molecule has 8 nitrogen and oxygen atoms in total. The van der Waals surface area contributed by atoms with Crippen LogP contribution >= 0.6 is 0 Å². The summed E-state index contributed by atoms with van der Waals surface area (Å²) in [6.07, 6.45) is 5.18. The van der Waals surface area contributed by atoms with Gasteiger partial charge in [-0.05, 0) is 37.1 Å². The van der Waals surface area contributed by atoms with Gasteiger partial charge in [0.15, 0.2) is 0 Å². The van der Waals surface area contributed by atoms with Crippen LogP contribution in [0.5, 0.6) is 0 Å². The number of nitrogens with zero attached hydrogens (tertiary/aromatic N) is 3. The number of hydrogen-bond acceptors (Lipinski definition) is 5. The fourth-order valence-corrected chi connectivity index (χ4v) is 4.51. The third kappa shape index (κ3) is 5.70. The second-order valence-electron chi connectivity index (χ2n) is 7.52. The van der Waals surface area contributed by atoms with Crippen molar-refractivity contribution in [2.45, 2.75) is 25.7 Å². The number of sulfonamides is 1. The molecule has 0 saturated carbocycles. The number of hydrogen-bond donors (Lipinski definition) is 0. The molecule has 9 heteroatoms. The molecule has 0 aliphatic carbocycles. The van der Waals surface area contributed by atoms with Crippen molar-refractivity contribution in [3.05, 3.63) is 29.8 Å². The first-order chi connectivity index (χ1) is 13.9. The second-order valence-corrected chi connectivity index (χ2v) is 9.42. The number of morpholine rings is 1. The average molecular weight is 424 g/mol. The lowest BCUT2D eigenvalue weighted by molar-refractivity contribution is -0.129. The van der Waals surface area contributed by atoms with Gasteiger partial charge in [0.1, 0.15) is 6.54 Å². The van der Waals surface area contributed by atoms with E-state index in [-0.39, 0.29) is 18.4 Å². The van der Waals surface area contributed by atoms with Crippen LogP contribution in [-0.2, 0) is 19.6 Å². The molecule has 2 heterocycles. The molecule has 3 rings (SSSR count). The van der Waals surface area contributed by atoms with E-state index in [9.17, 15) is 18.0 Å². The van der Waals surface area contributed by atoms with E-state index in [0.717, 1.165) is 36.2 Å². The van der Waals surface area contributed by atoms with Crippen molar-refractivity contribution in [1.82, 2.24) is 9.80 Å². The normalized spacial score (nSPS) is 18.2. The fourth-order valence-electron chi connectivity index (χ4n) is 3.66. The Bertz CT molecular complexity index is 811. The molecular formula is C20H29N3O5S. The Kier molecular flexibility index (Phi) is 7.13. The van der Waals surface area contributed by atoms with E-state index in [4.69, 9.17) is 4.74 Å². The number of benzene rings is 1. The molecule has 1 aromatic carbocycles. The first-order valence-corrected chi connectivity index (χ1v) is 11.9. The first kappa shape index (κ1) is 21.6. The Morgan fingerprint density at radius 2 is 1.52 bits per heavy atom. The molecule has 0 bridgehead atoms. The zero-order valence-electron chi connectivity index (χ0n) is 16.9. The molecule has 0 N–H and O–H groups in total. The molecule has 0 spiro atoms. The van der Waals surface area contributed by atoms with E-state index < -0.39 is 10.0 Å². The van der Waals surface area contributed by atoms with Crippen molar-refractivity contribution in [2.24, 2.45) is 0 Å². The number of ether oxygens (including phenoxy) is 1. The summed E-state index contributed by atoms with van der Waals surface area (Å²) in [6.45, 7) is 3.23. The van der Waals surface area contributed by atoms with Gasteiger partial charge >= 0.3 is 0 Å². The number of likely N-dealkylation sites (tertiary alicyclic amines) is 1. The van der Waals surface area contributed by atoms with Crippen LogP contribution in [0.15, 0.2) is 24.3 Å². The van der Waals surface area contributed by atoms with Gasteiger partial charge < -0.3 is 14.5 Å². The Balaban J connectivity index is 1.73. The predicted octanol–water partition coefficient (Wildman–Crippen LogP) is 1.33. The van der Waals surface area contributed by atoms with E-state index >= 15 is 0 Å². The molecule has 2 aliphatic rings. The third-order valence-corrected chi connectivity index (χ3v) is 6.48. The molecular weight excluding hydrogens is 394 g/mol. The Hall–Kier alpha value is -2.13. The minimum absolute atomic E-state index is 0.105. The lowest BCUT2D eigenvalue weighted by atomic mass is 10.1. The molecule has 2 saturated heterocycles. The highest BCUT2D eigenvalue weighted by atomic mass is 32.2. The molecule has 1 aromatic rings. The van der Waals surface area contributed by atoms with Gasteiger partial charge in [-0.3, -0.25) is 13.9 Å². The lowest BCUT2D eigenvalue weighted by Crippen LogP contribution is -2.43. The fraction of sp³-hybridized carbons (Fsp3) is 0.600. The first-order valence-electron chi connectivity index (χ1n) is 10.1. The smallest absolute Gasteiger partial charge is 0.254 e. The van der Waals surface area contributed by atoms with Crippen LogP contribution in [0.3, 0.4) is 0 Å². The van der Waals surface area contributed by atoms with Gasteiger partial charge in [-0.2, -0.15) is 0 Å². The van der Waals surface area contributed by atoms with Gasteiger partial charge in [0.2, 0.25) is 15.9 Å². The maximum Gasteiger partial charge on any atom is 0.254 e. The topological polar surface area (TPSA) is 87.2 Å². The van der Waals surface area contributed by atoms with E-state index in [0.29, 0.717) is 50.6 Å². The van der Waals surface area contributed by atoms with Gasteiger partial charge in [0, 0.05) is 31.7 Å². The van der Waals surface area contributed by atoms with Crippen LogP contribution in [-0.4, -0.2) is 82.2 Å². The van der Waals surface area contributed by atoms with Crippen LogP contribution < -0.4 is 4.31 Å². The van der Waals surface area contributed by atoms with Crippen LogP contribution in [0, 0.1) is 0 Å². The summed E-state index contributed by atoms with van der Waals surface area (Å²) in [4.78, 5) is 28.8. The van der Waals surface area contributed by atoms with Crippen LogP contribution in [0.25, 0.3) is 0 Å². The van der Waals surface area contributed by atoms with E-state index in [1.165, 1.54) is 0 Å². The summed E-state index contributed by atoms with van der Waals surface area (Å²) < 4.78 is 31.1. The largest absolute Gasteiger partial charge is 0.378 e. The molecule has 160 valence electrons. The average Bonchev–Trinajstić information content (AvgIpc) is 3.01. The van der Waals surface area contributed by atoms with Crippen LogP contribution in [0.1, 0.15) is 36.0 Å². The summed E-state index contributed by atoms with van der Waals surface area (Å²) in [5.74, 6) is -0.294. The summed E-state index contributed by atoms with van der Waals surface area (Å²) in [5, 5.41) is 0. The molecule has 2 amide bonds. The zero-order chi connectivity index (χ0) is 20.9. The molecule has 0 unspecified atom stereocenters. The summed E-state index contributed by atoms with van der Waals surface area (Å²) >= 11 is 0. The SMILES string of the molecule is CS(=O)(=O)N(CC(=O)N1CCCCCC1)c1ccc(C(=O)N2CCOCC2)cc1. The second kappa shape index (κ2) is 9.58. The van der Waals surface area contributed by atoms with Crippen molar-refractivity contribution in [3.63, 3.8) is 0 Å². The minimum Gasteiger partial charge on any atom is -0.378 e. The number of amides is 2. The van der Waals surface area contributed by atoms with Gasteiger partial charge in [0.25, 0.3) is 5.91 Å². The molecule has 29 heavy (non-hydrogen) atoms. The number of rotatable bonds is 5. The maximum absolute atomic E-state index is 12.7. The standard InChI is InChI=1S/C20H29N3O5S/c1-29(26,27)23(16-19(24)21-10-4-2-3-5-11-21)18-8-6-17(7-9-18)20(25)22-12-14-28-15-13-22/h6-9H,2-5,10-16H2,1H3. The van der Waals surface area contributed by atoms with E-state index in [1.807, 2.05) is 0 Å². The zero-order valence-corrected chi connectivity index (χ0v) is 17.7. The van der Waals surface area contributed by atoms with E-state index in [1.54, 1.807) is 34.1 Å². The molecule has 2 aliphatic heterocycles. The highest BCUT2D eigenvalue weighted by molar-refractivity contribution is 7.92. The number of carbonyl (C=O) groups excluding carboxylic acids is 2. The molecule has 0 radical (unpaired) electrons. The molecule has 2 fully saturated rings. The Labute approximate surface area is 172 Å². The van der Waals surface area contributed by atoms with Gasteiger partial charge in [-0.15, -0.1) is 0 Å². The van der Waals surface area contributed by atoms with Gasteiger partial charge in [-0.1, -0.05) is 12.8 Å². The van der Waals surface area contributed by atoms with Crippen molar-refractivity contribution in [3.8, 4) is 0 Å². The van der Waals surface area contributed by atoms with Gasteiger partial charge in [0.05, 0.1) is 25.2 Å². The summed E-state index contributed by atoms with van der Waals surface area (Å²) in [5.41, 5.74) is 0.872. The monoisotopic (exact) mass is 423 g/mol. The molecule has 0 atom stereocenters. The Morgan fingerprint density at radius 1 is 0.931 bits per heavy atom. The Morgan fingerprint density at radius 3 is 2.07 bits per heavy atom. The van der Waals surface area contributed by atoms with Crippen molar-refractivity contribution >= 4 is 27.5 Å². The molecule has 0 aromatic heterocycles. The van der Waals surface area contributed by atoms with E-state index in [2.05, 4.69) is 0 Å². The quantitative estimate of drug-likeness (QED) is 0.713. The summed E-state index contributed by atoms with van der Waals surface area (Å²) in [6, 6.07) is 6.40. The maximum atomic E-state index is 12.7. The minimum atomic E-state index is -3.64. The van der Waals surface area contributed by atoms with Crippen molar-refractivity contribution in [1.29, 1.82) is 0 Å². The highest BCUT2D eigenvalue weighted by Crippen LogP contribution is 2.20. The van der Waals surface area contributed by atoms with Crippen molar-refractivity contribution in [2.75, 3.05) is 56.5 Å². The van der Waals surface area contributed by atoms with Crippen LogP contribution in [0.4, 0.5) is 5.69 Å². The summed E-state index contributed by atoms with van der Waals surface area (Å²) in [7, 11) is -3.64. The third-order valence-electron chi connectivity index (χ3n) is 5.34. The van der Waals surface area contributed by atoms with Gasteiger partial charge in [-0.25, -0.2) is 8.42 Å². The predicted molar refractivity (Wildman–Crippen MR) is 110 cm³/mol. The highest BCUT2D eigenvalue weighted by Gasteiger charge is 2.25. The van der Waals surface area contributed by atoms with Crippen LogP contribution in [0.2, 0.25) is 0 Å². The number of anilines is 1. The van der Waals surface area contributed by atoms with Crippen molar-refractivity contribution < 1.29 is 22.7 Å². The number of carbonyl (C=O) groups is 2.